The van der Waals surface area contributed by atoms with E-state index in [-0.39, 0.29) is 18.0 Å². The number of carboxylic acid groups (broad SMARTS) is 1. The third-order valence-corrected chi connectivity index (χ3v) is 6.40. The van der Waals surface area contributed by atoms with E-state index in [2.05, 4.69) is 4.99 Å². The number of hydrogen-bond acceptors (Lipinski definition) is 5. The summed E-state index contributed by atoms with van der Waals surface area (Å²) in [6, 6.07) is 12.2. The van der Waals surface area contributed by atoms with Crippen LogP contribution >= 0.6 is 47.4 Å². The SMILES string of the molecule is COc1ccc(C2C(C(=O)O)=C(C)N=C3SC(c4c(Cl)cccc4Cl)=CN32)cc1.Cl. The third-order valence-electron chi connectivity index (χ3n) is 4.75. The fourth-order valence-corrected chi connectivity index (χ4v) is 5.24. The monoisotopic (exact) mass is 482 g/mol. The maximum absolute atomic E-state index is 12.1. The van der Waals surface area contributed by atoms with Crippen LogP contribution in [0.25, 0.3) is 4.91 Å². The second-order valence-corrected chi connectivity index (χ2v) is 8.30. The third kappa shape index (κ3) is 3.93. The largest absolute Gasteiger partial charge is 0.497 e. The lowest BCUT2D eigenvalue weighted by molar-refractivity contribution is -0.133. The molecule has 9 heteroatoms. The number of methoxy groups -OCH3 is 1. The number of nitrogens with zero attached hydrogens (tertiary/aromatic N) is 2. The number of hydrogen-bond donors (Lipinski definition) is 1. The molecule has 4 rings (SSSR count). The molecular formula is C21H17Cl3N2O3S. The van der Waals surface area contributed by atoms with Crippen molar-refractivity contribution in [3.8, 4) is 5.75 Å². The van der Waals surface area contributed by atoms with E-state index in [1.165, 1.54) is 11.8 Å². The van der Waals surface area contributed by atoms with Crippen molar-refractivity contribution in [1.82, 2.24) is 4.90 Å². The van der Waals surface area contributed by atoms with Crippen molar-refractivity contribution in [2.45, 2.75) is 13.0 Å². The van der Waals surface area contributed by atoms with Crippen LogP contribution in [0.15, 0.2) is 64.9 Å². The predicted octanol–water partition coefficient (Wildman–Crippen LogP) is 6.24. The zero-order chi connectivity index (χ0) is 20.7. The molecule has 156 valence electrons. The van der Waals surface area contributed by atoms with E-state index in [1.807, 2.05) is 35.4 Å². The van der Waals surface area contributed by atoms with Crippen LogP contribution in [0.5, 0.6) is 5.75 Å². The Morgan fingerprint density at radius 2 is 1.80 bits per heavy atom. The van der Waals surface area contributed by atoms with Crippen LogP contribution < -0.4 is 4.74 Å². The minimum atomic E-state index is -1.01. The zero-order valence-electron chi connectivity index (χ0n) is 15.9. The minimum absolute atomic E-state index is 0. The fourth-order valence-electron chi connectivity index (χ4n) is 3.40. The van der Waals surface area contributed by atoms with Crippen LogP contribution in [-0.4, -0.2) is 28.3 Å². The van der Waals surface area contributed by atoms with E-state index in [0.717, 1.165) is 10.5 Å². The van der Waals surface area contributed by atoms with Crippen molar-refractivity contribution < 1.29 is 14.6 Å². The van der Waals surface area contributed by atoms with Gasteiger partial charge in [0, 0.05) is 16.7 Å². The Hall–Kier alpha value is -2.12. The molecule has 0 radical (unpaired) electrons. The lowest BCUT2D eigenvalue weighted by Crippen LogP contribution is -2.33. The summed E-state index contributed by atoms with van der Waals surface area (Å²) in [5.74, 6) is -0.306. The van der Waals surface area contributed by atoms with Crippen LogP contribution in [0, 0.1) is 0 Å². The van der Waals surface area contributed by atoms with Crippen molar-refractivity contribution in [1.29, 1.82) is 0 Å². The number of thioether (sulfide) groups is 1. The van der Waals surface area contributed by atoms with Gasteiger partial charge in [-0.25, -0.2) is 9.79 Å². The molecule has 0 saturated heterocycles. The van der Waals surface area contributed by atoms with Gasteiger partial charge in [-0.1, -0.05) is 41.4 Å². The van der Waals surface area contributed by atoms with Crippen LogP contribution in [0.1, 0.15) is 24.1 Å². The zero-order valence-corrected chi connectivity index (χ0v) is 19.1. The van der Waals surface area contributed by atoms with E-state index in [1.54, 1.807) is 32.2 Å². The number of aliphatic carboxylic acids is 1. The van der Waals surface area contributed by atoms with Gasteiger partial charge in [0.05, 0.1) is 34.5 Å². The van der Waals surface area contributed by atoms with Crippen LogP contribution in [0.4, 0.5) is 0 Å². The molecule has 0 bridgehead atoms. The number of allylic oxidation sites excluding steroid dienone is 1. The molecule has 0 spiro atoms. The van der Waals surface area contributed by atoms with E-state index in [0.29, 0.717) is 32.2 Å². The molecule has 30 heavy (non-hydrogen) atoms. The van der Waals surface area contributed by atoms with Crippen LogP contribution in [-0.2, 0) is 4.79 Å². The minimum Gasteiger partial charge on any atom is -0.497 e. The molecule has 1 N–H and O–H groups in total. The number of fused-ring (bicyclic) bond motifs is 1. The first-order valence-corrected chi connectivity index (χ1v) is 10.3. The summed E-state index contributed by atoms with van der Waals surface area (Å²) in [6.45, 7) is 1.71. The standard InChI is InChI=1S/C21H16Cl2N2O3S.ClH/c1-11-17(20(26)27)19(12-6-8-13(28-2)9-7-12)25-10-16(29-21(25)24-11)18-14(22)4-3-5-15(18)23;/h3-10,19H,1-2H3,(H,26,27);1H. The van der Waals surface area contributed by atoms with Gasteiger partial charge in [0.25, 0.3) is 0 Å². The highest BCUT2D eigenvalue weighted by atomic mass is 35.5. The Balaban J connectivity index is 0.00000256. The molecule has 0 saturated carbocycles. The van der Waals surface area contributed by atoms with Gasteiger partial charge in [0.1, 0.15) is 5.75 Å². The maximum Gasteiger partial charge on any atom is 0.335 e. The van der Waals surface area contributed by atoms with Gasteiger partial charge in [0.2, 0.25) is 0 Å². The lowest BCUT2D eigenvalue weighted by atomic mass is 9.95. The quantitative estimate of drug-likeness (QED) is 0.557. The second-order valence-electron chi connectivity index (χ2n) is 6.47. The van der Waals surface area contributed by atoms with Gasteiger partial charge in [-0.2, -0.15) is 0 Å². The molecule has 5 nitrogen and oxygen atoms in total. The van der Waals surface area contributed by atoms with E-state index < -0.39 is 12.0 Å². The number of halogens is 3. The van der Waals surface area contributed by atoms with Gasteiger partial charge in [0.15, 0.2) is 5.17 Å². The summed E-state index contributed by atoms with van der Waals surface area (Å²) in [5, 5.41) is 11.6. The van der Waals surface area contributed by atoms with E-state index >= 15 is 0 Å². The number of aliphatic imine (C=N–C) groups is 1. The molecule has 0 aliphatic carbocycles. The predicted molar refractivity (Wildman–Crippen MR) is 125 cm³/mol. The molecule has 1 unspecified atom stereocenters. The molecule has 2 aromatic carbocycles. The summed E-state index contributed by atoms with van der Waals surface area (Å²) >= 11 is 14.2. The Morgan fingerprint density at radius 1 is 1.17 bits per heavy atom. The number of carbonyl (C=O) groups is 1. The Morgan fingerprint density at radius 3 is 2.37 bits per heavy atom. The first kappa shape index (κ1) is 22.6. The average molecular weight is 484 g/mol. The first-order valence-electron chi connectivity index (χ1n) is 8.69. The van der Waals surface area contributed by atoms with E-state index in [9.17, 15) is 9.90 Å². The molecule has 2 aliphatic rings. The highest BCUT2D eigenvalue weighted by Crippen LogP contribution is 2.48. The topological polar surface area (TPSA) is 62.1 Å². The molecule has 2 aromatic rings. The number of ether oxygens (including phenoxy) is 1. The first-order chi connectivity index (χ1) is 13.9. The van der Waals surface area contributed by atoms with Crippen molar-refractivity contribution in [3.63, 3.8) is 0 Å². The molecule has 0 amide bonds. The molecule has 0 aromatic heterocycles. The average Bonchev–Trinajstić information content (AvgIpc) is 3.09. The van der Waals surface area contributed by atoms with Crippen LogP contribution in [0.3, 0.4) is 0 Å². The number of benzene rings is 2. The Bertz CT molecular complexity index is 1080. The number of amidine groups is 1. The molecule has 2 aliphatic heterocycles. The van der Waals surface area contributed by atoms with Gasteiger partial charge in [-0.05, 0) is 48.5 Å². The number of rotatable bonds is 4. The second kappa shape index (κ2) is 8.94. The van der Waals surface area contributed by atoms with Crippen molar-refractivity contribution in [3.05, 3.63) is 81.1 Å². The van der Waals surface area contributed by atoms with Gasteiger partial charge in [-0.3, -0.25) is 0 Å². The smallest absolute Gasteiger partial charge is 0.335 e. The van der Waals surface area contributed by atoms with Crippen molar-refractivity contribution >= 4 is 63.4 Å². The number of carboxylic acids is 1. The van der Waals surface area contributed by atoms with Crippen molar-refractivity contribution in [2.24, 2.45) is 4.99 Å². The van der Waals surface area contributed by atoms with Gasteiger partial charge >= 0.3 is 5.97 Å². The Labute approximate surface area is 194 Å². The van der Waals surface area contributed by atoms with Gasteiger partial charge in [-0.15, -0.1) is 12.4 Å². The fraction of sp³-hybridized carbons (Fsp3) is 0.143. The summed E-state index contributed by atoms with van der Waals surface area (Å²) in [5.41, 5.74) is 2.22. The highest BCUT2D eigenvalue weighted by molar-refractivity contribution is 8.22. The normalized spacial score (nSPS) is 17.7. The highest BCUT2D eigenvalue weighted by Gasteiger charge is 2.39. The van der Waals surface area contributed by atoms with Crippen LogP contribution in [0.2, 0.25) is 10.0 Å². The summed E-state index contributed by atoms with van der Waals surface area (Å²) in [4.78, 5) is 19.3. The molecular weight excluding hydrogens is 467 g/mol. The van der Waals surface area contributed by atoms with Gasteiger partial charge < -0.3 is 14.7 Å². The summed E-state index contributed by atoms with van der Waals surface area (Å²) in [6.07, 6.45) is 1.86. The van der Waals surface area contributed by atoms with Crippen molar-refractivity contribution in [2.75, 3.05) is 7.11 Å². The lowest BCUT2D eigenvalue weighted by Gasteiger charge is -2.32. The molecule has 1 atom stereocenters. The molecule has 0 fully saturated rings. The summed E-state index contributed by atoms with van der Waals surface area (Å²) in [7, 11) is 1.59. The van der Waals surface area contributed by atoms with E-state index in [4.69, 9.17) is 27.9 Å². The maximum atomic E-state index is 12.1. The Kier molecular flexibility index (Phi) is 6.72. The molecule has 2 heterocycles. The summed E-state index contributed by atoms with van der Waals surface area (Å²) < 4.78 is 5.23.